The van der Waals surface area contributed by atoms with E-state index in [0.29, 0.717) is 10.8 Å². The number of rotatable bonds is 5. The fraction of sp³-hybridized carbons (Fsp3) is 0. The van der Waals surface area contributed by atoms with Crippen LogP contribution in [-0.2, 0) is 0 Å². The molecule has 0 radical (unpaired) electrons. The van der Waals surface area contributed by atoms with E-state index in [1.54, 1.807) is 23.6 Å². The van der Waals surface area contributed by atoms with Crippen molar-refractivity contribution < 1.29 is 9.31 Å². The number of nitrogens with zero attached hydrogens (tertiary/aromatic N) is 3. The zero-order valence-electron chi connectivity index (χ0n) is 12.5. The van der Waals surface area contributed by atoms with Crippen LogP contribution < -0.4 is 5.43 Å². The van der Waals surface area contributed by atoms with E-state index in [4.69, 9.17) is 11.6 Å². The molecule has 3 aromatic rings. The number of anilines is 1. The van der Waals surface area contributed by atoms with Gasteiger partial charge in [0.05, 0.1) is 21.9 Å². The van der Waals surface area contributed by atoms with Gasteiger partial charge in [0.15, 0.2) is 0 Å². The van der Waals surface area contributed by atoms with Crippen LogP contribution in [0.4, 0.5) is 15.2 Å². The van der Waals surface area contributed by atoms with Crippen LogP contribution in [0.3, 0.4) is 0 Å². The maximum atomic E-state index is 13.6. The topological polar surface area (TPSA) is 80.4 Å². The highest BCUT2D eigenvalue weighted by atomic mass is 35.5. The van der Waals surface area contributed by atoms with E-state index in [1.807, 2.05) is 0 Å². The molecule has 0 amide bonds. The van der Waals surface area contributed by atoms with Crippen LogP contribution in [0.2, 0.25) is 5.02 Å². The summed E-state index contributed by atoms with van der Waals surface area (Å²) < 4.78 is 13.6. The Morgan fingerprint density at radius 3 is 2.72 bits per heavy atom. The molecule has 9 heteroatoms. The first-order valence-electron chi connectivity index (χ1n) is 6.98. The molecule has 0 aliphatic rings. The molecule has 0 bridgehead atoms. The highest BCUT2D eigenvalue weighted by molar-refractivity contribution is 7.14. The molecule has 25 heavy (non-hydrogen) atoms. The number of non-ortho nitro benzene ring substituents is 1. The van der Waals surface area contributed by atoms with Crippen molar-refractivity contribution in [3.8, 4) is 11.3 Å². The van der Waals surface area contributed by atoms with Crippen molar-refractivity contribution in [3.63, 3.8) is 0 Å². The second-order valence-electron chi connectivity index (χ2n) is 4.85. The average Bonchev–Trinajstić information content (AvgIpc) is 3.06. The average molecular weight is 377 g/mol. The van der Waals surface area contributed by atoms with Crippen molar-refractivity contribution in [1.82, 2.24) is 4.98 Å². The lowest BCUT2D eigenvalue weighted by atomic mass is 10.1. The Bertz CT molecular complexity index is 923. The summed E-state index contributed by atoms with van der Waals surface area (Å²) in [4.78, 5) is 14.5. The van der Waals surface area contributed by atoms with Gasteiger partial charge in [0.2, 0.25) is 5.13 Å². The van der Waals surface area contributed by atoms with E-state index in [0.717, 1.165) is 5.56 Å². The molecule has 0 saturated carbocycles. The summed E-state index contributed by atoms with van der Waals surface area (Å²) in [5.41, 5.74) is 4.31. The summed E-state index contributed by atoms with van der Waals surface area (Å²) in [7, 11) is 0. The van der Waals surface area contributed by atoms with Crippen molar-refractivity contribution in [2.45, 2.75) is 0 Å². The standard InChI is InChI=1S/C16H10ClFN4O2S/c17-13-2-1-3-14(18)12(13)8-19-21-16-20-15(9-25-16)10-4-6-11(7-5-10)22(23)24/h1-9H,(H,20,21)/b19-8+. The van der Waals surface area contributed by atoms with Gasteiger partial charge in [-0.1, -0.05) is 17.7 Å². The van der Waals surface area contributed by atoms with Gasteiger partial charge >= 0.3 is 0 Å². The van der Waals surface area contributed by atoms with Gasteiger partial charge in [0.1, 0.15) is 5.82 Å². The van der Waals surface area contributed by atoms with Gasteiger partial charge in [-0.15, -0.1) is 11.3 Å². The van der Waals surface area contributed by atoms with Gasteiger partial charge in [-0.05, 0) is 24.3 Å². The number of hydrogen-bond donors (Lipinski definition) is 1. The number of halogens is 2. The minimum atomic E-state index is -0.469. The molecule has 1 heterocycles. The molecule has 0 aliphatic heterocycles. The molecule has 3 rings (SSSR count). The smallest absolute Gasteiger partial charge is 0.258 e. The number of nitrogens with one attached hydrogen (secondary N) is 1. The highest BCUT2D eigenvalue weighted by Crippen LogP contribution is 2.26. The molecule has 2 aromatic carbocycles. The van der Waals surface area contributed by atoms with E-state index >= 15 is 0 Å². The van der Waals surface area contributed by atoms with Crippen LogP contribution >= 0.6 is 22.9 Å². The van der Waals surface area contributed by atoms with Gasteiger partial charge in [0.25, 0.3) is 5.69 Å². The van der Waals surface area contributed by atoms with Gasteiger partial charge in [0, 0.05) is 28.6 Å². The van der Waals surface area contributed by atoms with E-state index in [-0.39, 0.29) is 16.3 Å². The fourth-order valence-electron chi connectivity index (χ4n) is 2.00. The van der Waals surface area contributed by atoms with E-state index in [1.165, 1.54) is 41.8 Å². The van der Waals surface area contributed by atoms with Crippen molar-refractivity contribution in [2.75, 3.05) is 5.43 Å². The van der Waals surface area contributed by atoms with Crippen LogP contribution in [0, 0.1) is 15.9 Å². The summed E-state index contributed by atoms with van der Waals surface area (Å²) in [6, 6.07) is 10.5. The van der Waals surface area contributed by atoms with Crippen LogP contribution in [0.15, 0.2) is 52.9 Å². The Balaban J connectivity index is 1.71. The lowest BCUT2D eigenvalue weighted by Crippen LogP contribution is -1.94. The summed E-state index contributed by atoms with van der Waals surface area (Å²) in [6.07, 6.45) is 1.28. The number of benzene rings is 2. The number of nitro groups is 1. The third kappa shape index (κ3) is 3.98. The monoisotopic (exact) mass is 376 g/mol. The first kappa shape index (κ1) is 17.0. The molecule has 6 nitrogen and oxygen atoms in total. The Kier molecular flexibility index (Phi) is 5.01. The predicted molar refractivity (Wildman–Crippen MR) is 96.8 cm³/mol. The maximum absolute atomic E-state index is 13.6. The molecular weight excluding hydrogens is 367 g/mol. The predicted octanol–water partition coefficient (Wildman–Crippen LogP) is 4.96. The quantitative estimate of drug-likeness (QED) is 0.388. The second kappa shape index (κ2) is 7.37. The van der Waals surface area contributed by atoms with Gasteiger partial charge < -0.3 is 0 Å². The van der Waals surface area contributed by atoms with E-state index in [2.05, 4.69) is 15.5 Å². The Labute approximate surface area is 150 Å². The lowest BCUT2D eigenvalue weighted by Gasteiger charge is -1.99. The van der Waals surface area contributed by atoms with Crippen molar-refractivity contribution in [3.05, 3.63) is 74.4 Å². The molecule has 0 saturated heterocycles. The molecule has 0 unspecified atom stereocenters. The zero-order chi connectivity index (χ0) is 17.8. The maximum Gasteiger partial charge on any atom is 0.269 e. The van der Waals surface area contributed by atoms with Crippen molar-refractivity contribution in [1.29, 1.82) is 0 Å². The third-order valence-electron chi connectivity index (χ3n) is 3.23. The normalized spacial score (nSPS) is 11.0. The van der Waals surface area contributed by atoms with Gasteiger partial charge in [-0.2, -0.15) is 5.10 Å². The Morgan fingerprint density at radius 2 is 2.04 bits per heavy atom. The second-order valence-corrected chi connectivity index (χ2v) is 6.11. The summed E-state index contributed by atoms with van der Waals surface area (Å²) in [5, 5.41) is 17.1. The van der Waals surface area contributed by atoms with Crippen LogP contribution in [0.1, 0.15) is 5.56 Å². The highest BCUT2D eigenvalue weighted by Gasteiger charge is 2.08. The Morgan fingerprint density at radius 1 is 1.28 bits per heavy atom. The first-order valence-corrected chi connectivity index (χ1v) is 8.24. The summed E-state index contributed by atoms with van der Waals surface area (Å²) in [5.74, 6) is -0.469. The molecule has 0 spiro atoms. The largest absolute Gasteiger partial charge is 0.269 e. The number of nitro benzene ring substituents is 1. The lowest BCUT2D eigenvalue weighted by molar-refractivity contribution is -0.384. The first-order chi connectivity index (χ1) is 12.0. The Hall–Kier alpha value is -2.84. The SMILES string of the molecule is O=[N+]([O-])c1ccc(-c2csc(N/N=C/c3c(F)cccc3Cl)n2)cc1. The van der Waals surface area contributed by atoms with Gasteiger partial charge in [-0.25, -0.2) is 9.37 Å². The molecular formula is C16H10ClFN4O2S. The van der Waals surface area contributed by atoms with Gasteiger partial charge in [-0.3, -0.25) is 15.5 Å². The van der Waals surface area contributed by atoms with E-state index in [9.17, 15) is 14.5 Å². The molecule has 0 aliphatic carbocycles. The molecule has 1 aromatic heterocycles. The zero-order valence-corrected chi connectivity index (χ0v) is 14.1. The number of thiazole rings is 1. The summed E-state index contributed by atoms with van der Waals surface area (Å²) in [6.45, 7) is 0. The van der Waals surface area contributed by atoms with Crippen LogP contribution in [-0.4, -0.2) is 16.1 Å². The third-order valence-corrected chi connectivity index (χ3v) is 4.31. The summed E-state index contributed by atoms with van der Waals surface area (Å²) >= 11 is 7.21. The number of aromatic nitrogens is 1. The minimum absolute atomic E-state index is 0.0173. The molecule has 126 valence electrons. The van der Waals surface area contributed by atoms with Crippen molar-refractivity contribution in [2.24, 2.45) is 5.10 Å². The fourth-order valence-corrected chi connectivity index (χ4v) is 2.88. The number of hydrogen-bond acceptors (Lipinski definition) is 6. The van der Waals surface area contributed by atoms with Crippen LogP contribution in [0.25, 0.3) is 11.3 Å². The number of hydrazone groups is 1. The molecule has 0 fully saturated rings. The molecule has 1 N–H and O–H groups in total. The minimum Gasteiger partial charge on any atom is -0.258 e. The van der Waals surface area contributed by atoms with Crippen LogP contribution in [0.5, 0.6) is 0 Å². The molecule has 0 atom stereocenters. The van der Waals surface area contributed by atoms with E-state index < -0.39 is 10.7 Å². The van der Waals surface area contributed by atoms with Crippen molar-refractivity contribution >= 4 is 40.0 Å².